The third kappa shape index (κ3) is 3.63. The largest absolute Gasteiger partial charge is 0.480 e. The van der Waals surface area contributed by atoms with E-state index in [0.717, 1.165) is 5.56 Å². The van der Waals surface area contributed by atoms with E-state index in [-0.39, 0.29) is 17.9 Å². The van der Waals surface area contributed by atoms with Crippen LogP contribution in [0.25, 0.3) is 0 Å². The molecule has 2 unspecified atom stereocenters. The Kier molecular flexibility index (Phi) is 5.36. The van der Waals surface area contributed by atoms with Gasteiger partial charge < -0.3 is 10.4 Å². The second-order valence-electron chi connectivity index (χ2n) is 4.71. The average Bonchev–Trinajstić information content (AvgIpc) is 2.90. The smallest absolute Gasteiger partial charge is 0.327 e. The molecule has 21 heavy (non-hydrogen) atoms. The Hall–Kier alpha value is -1.40. The molecule has 0 radical (unpaired) electrons. The number of carboxylic acids is 1. The summed E-state index contributed by atoms with van der Waals surface area (Å²) in [7, 11) is 0. The van der Waals surface area contributed by atoms with Crippen LogP contribution in [0.2, 0.25) is 5.02 Å². The lowest BCUT2D eigenvalue weighted by molar-refractivity contribution is -0.141. The third-order valence-electron chi connectivity index (χ3n) is 3.35. The first-order chi connectivity index (χ1) is 10.0. The topological polar surface area (TPSA) is 69.6 Å². The second kappa shape index (κ2) is 7.04. The summed E-state index contributed by atoms with van der Waals surface area (Å²) >= 11 is 7.54. The number of benzene rings is 1. The maximum atomic E-state index is 12.3. The summed E-state index contributed by atoms with van der Waals surface area (Å²) in [5.41, 5.74) is 0.805. The van der Waals surface area contributed by atoms with Gasteiger partial charge in [-0.25, -0.2) is 9.59 Å². The molecule has 1 saturated heterocycles. The summed E-state index contributed by atoms with van der Waals surface area (Å²) in [5.74, 6) is -0.542. The number of aliphatic carboxylic acids is 1. The average molecular weight is 329 g/mol. The van der Waals surface area contributed by atoms with Crippen molar-refractivity contribution in [2.24, 2.45) is 0 Å². The molecule has 0 aliphatic carbocycles. The zero-order valence-corrected chi connectivity index (χ0v) is 13.2. The van der Waals surface area contributed by atoms with Crippen molar-refractivity contribution in [1.82, 2.24) is 10.2 Å². The summed E-state index contributed by atoms with van der Waals surface area (Å²) in [6.07, 6.45) is 0.716. The highest BCUT2D eigenvalue weighted by atomic mass is 35.5. The summed E-state index contributed by atoms with van der Waals surface area (Å²) in [5, 5.41) is 12.5. The number of halogens is 1. The molecule has 2 rings (SSSR count). The van der Waals surface area contributed by atoms with Crippen LogP contribution in [0.4, 0.5) is 4.79 Å². The van der Waals surface area contributed by atoms with Gasteiger partial charge in [0.15, 0.2) is 0 Å². The minimum absolute atomic E-state index is 0.0997. The minimum atomic E-state index is -0.966. The Bertz CT molecular complexity index is 541. The van der Waals surface area contributed by atoms with Crippen LogP contribution >= 0.6 is 23.4 Å². The highest BCUT2D eigenvalue weighted by Crippen LogP contribution is 2.31. The number of thioether (sulfide) groups is 1. The van der Waals surface area contributed by atoms with Gasteiger partial charge in [-0.2, -0.15) is 0 Å². The number of carboxylic acid groups (broad SMARTS) is 1. The molecule has 0 saturated carbocycles. The molecule has 2 N–H and O–H groups in total. The molecule has 1 heterocycles. The fraction of sp³-hybridized carbons (Fsp3) is 0.429. The Morgan fingerprint density at radius 3 is 2.81 bits per heavy atom. The van der Waals surface area contributed by atoms with Gasteiger partial charge in [-0.3, -0.25) is 4.90 Å². The number of carbonyl (C=O) groups is 2. The number of carbonyl (C=O) groups excluding carboxylic acids is 1. The molecule has 1 aliphatic heterocycles. The molecule has 0 bridgehead atoms. The lowest BCUT2D eigenvalue weighted by Gasteiger charge is -2.26. The Balaban J connectivity index is 2.04. The fourth-order valence-electron chi connectivity index (χ4n) is 2.24. The molecule has 114 valence electrons. The standard InChI is InChI=1S/C14H17ClN2O3S/c1-2-12-17(11(8-21-12)13(18)19)14(20)16-7-9-5-3-4-6-10(9)15/h3-6,11-12H,2,7-8H2,1H3,(H,16,20)(H,18,19). The van der Waals surface area contributed by atoms with Crippen LogP contribution in [0.1, 0.15) is 18.9 Å². The zero-order chi connectivity index (χ0) is 15.4. The zero-order valence-electron chi connectivity index (χ0n) is 11.6. The second-order valence-corrected chi connectivity index (χ2v) is 6.33. The number of hydrogen-bond donors (Lipinski definition) is 2. The van der Waals surface area contributed by atoms with Gasteiger partial charge in [-0.05, 0) is 18.1 Å². The first-order valence-corrected chi connectivity index (χ1v) is 8.11. The van der Waals surface area contributed by atoms with Gasteiger partial charge in [-0.1, -0.05) is 36.7 Å². The normalized spacial score (nSPS) is 21.3. The summed E-state index contributed by atoms with van der Waals surface area (Å²) in [6.45, 7) is 2.22. The predicted octanol–water partition coefficient (Wildman–Crippen LogP) is 2.79. The molecule has 7 heteroatoms. The Morgan fingerprint density at radius 1 is 1.48 bits per heavy atom. The van der Waals surface area contributed by atoms with Crippen molar-refractivity contribution in [2.75, 3.05) is 5.75 Å². The van der Waals surface area contributed by atoms with Crippen molar-refractivity contribution < 1.29 is 14.7 Å². The number of nitrogens with zero attached hydrogens (tertiary/aromatic N) is 1. The highest BCUT2D eigenvalue weighted by Gasteiger charge is 2.40. The molecular weight excluding hydrogens is 312 g/mol. The van der Waals surface area contributed by atoms with Crippen molar-refractivity contribution in [3.8, 4) is 0 Å². The van der Waals surface area contributed by atoms with Crippen LogP contribution in [0.3, 0.4) is 0 Å². The van der Waals surface area contributed by atoms with Gasteiger partial charge in [0.05, 0.1) is 5.37 Å². The van der Waals surface area contributed by atoms with Gasteiger partial charge >= 0.3 is 12.0 Å². The van der Waals surface area contributed by atoms with Crippen LogP contribution in [-0.2, 0) is 11.3 Å². The van der Waals surface area contributed by atoms with Gasteiger partial charge in [-0.15, -0.1) is 11.8 Å². The van der Waals surface area contributed by atoms with Crippen LogP contribution in [-0.4, -0.2) is 39.2 Å². The van der Waals surface area contributed by atoms with Crippen molar-refractivity contribution in [3.05, 3.63) is 34.9 Å². The molecule has 1 aliphatic rings. The predicted molar refractivity (Wildman–Crippen MR) is 83.5 cm³/mol. The monoisotopic (exact) mass is 328 g/mol. The number of rotatable bonds is 4. The third-order valence-corrected chi connectivity index (χ3v) is 5.17. The number of amides is 2. The Labute approximate surface area is 132 Å². The quantitative estimate of drug-likeness (QED) is 0.891. The van der Waals surface area contributed by atoms with Crippen molar-refractivity contribution in [1.29, 1.82) is 0 Å². The van der Waals surface area contributed by atoms with Gasteiger partial charge in [0, 0.05) is 17.3 Å². The number of hydrogen-bond acceptors (Lipinski definition) is 3. The van der Waals surface area contributed by atoms with Crippen LogP contribution in [0.15, 0.2) is 24.3 Å². The molecule has 1 aromatic rings. The molecular formula is C14H17ClN2O3S. The van der Waals surface area contributed by atoms with E-state index in [9.17, 15) is 14.7 Å². The van der Waals surface area contributed by atoms with Crippen molar-refractivity contribution in [3.63, 3.8) is 0 Å². The summed E-state index contributed by atoms with van der Waals surface area (Å²) in [6, 6.07) is 6.11. The number of urea groups is 1. The van der Waals surface area contributed by atoms with Gasteiger partial charge in [0.2, 0.25) is 0 Å². The molecule has 1 aromatic carbocycles. The fourth-order valence-corrected chi connectivity index (χ4v) is 3.79. The molecule has 0 spiro atoms. The van der Waals surface area contributed by atoms with E-state index in [0.29, 0.717) is 17.2 Å². The maximum Gasteiger partial charge on any atom is 0.327 e. The molecule has 0 aromatic heterocycles. The molecule has 5 nitrogen and oxygen atoms in total. The Morgan fingerprint density at radius 2 is 2.19 bits per heavy atom. The molecule has 2 atom stereocenters. The lowest BCUT2D eigenvalue weighted by Crippen LogP contribution is -2.49. The van der Waals surface area contributed by atoms with Gasteiger partial charge in [0.25, 0.3) is 0 Å². The van der Waals surface area contributed by atoms with E-state index in [1.807, 2.05) is 25.1 Å². The molecule has 2 amide bonds. The SMILES string of the molecule is CCC1SCC(C(=O)O)N1C(=O)NCc1ccccc1Cl. The van der Waals surface area contributed by atoms with Crippen LogP contribution in [0.5, 0.6) is 0 Å². The number of nitrogens with one attached hydrogen (secondary N) is 1. The first-order valence-electron chi connectivity index (χ1n) is 6.68. The minimum Gasteiger partial charge on any atom is -0.480 e. The lowest BCUT2D eigenvalue weighted by atomic mass is 10.2. The highest BCUT2D eigenvalue weighted by molar-refractivity contribution is 8.00. The summed E-state index contributed by atoms with van der Waals surface area (Å²) in [4.78, 5) is 25.0. The van der Waals surface area contributed by atoms with Gasteiger partial charge in [0.1, 0.15) is 6.04 Å². The van der Waals surface area contributed by atoms with Crippen LogP contribution < -0.4 is 5.32 Å². The summed E-state index contributed by atoms with van der Waals surface area (Å²) < 4.78 is 0. The van der Waals surface area contributed by atoms with Crippen LogP contribution in [0, 0.1) is 0 Å². The maximum absolute atomic E-state index is 12.3. The van der Waals surface area contributed by atoms with E-state index in [2.05, 4.69) is 5.32 Å². The van der Waals surface area contributed by atoms with E-state index in [1.165, 1.54) is 16.7 Å². The van der Waals surface area contributed by atoms with E-state index < -0.39 is 12.0 Å². The first kappa shape index (κ1) is 16.0. The van der Waals surface area contributed by atoms with Crippen molar-refractivity contribution >= 4 is 35.4 Å². The van der Waals surface area contributed by atoms with E-state index in [1.54, 1.807) is 6.07 Å². The molecule has 1 fully saturated rings. The van der Waals surface area contributed by atoms with E-state index >= 15 is 0 Å². The van der Waals surface area contributed by atoms with Crippen molar-refractivity contribution in [2.45, 2.75) is 31.3 Å². The van der Waals surface area contributed by atoms with E-state index in [4.69, 9.17) is 11.6 Å².